The molecule has 0 rings (SSSR count). The normalized spacial score (nSPS) is 14.1. The highest BCUT2D eigenvalue weighted by atomic mass is 32.2. The third-order valence-electron chi connectivity index (χ3n) is 3.68. The summed E-state index contributed by atoms with van der Waals surface area (Å²) in [6.45, 7) is 0.625. The summed E-state index contributed by atoms with van der Waals surface area (Å²) in [5.41, 5.74) is 1.48. The van der Waals surface area contributed by atoms with E-state index in [0.29, 0.717) is 12.2 Å². The van der Waals surface area contributed by atoms with Gasteiger partial charge < -0.3 is 20.4 Å². The first-order valence-corrected chi connectivity index (χ1v) is 8.91. The highest BCUT2D eigenvalue weighted by Gasteiger charge is 2.31. The zero-order valence-corrected chi connectivity index (χ0v) is 15.2. The van der Waals surface area contributed by atoms with E-state index in [2.05, 4.69) is 5.32 Å². The zero-order chi connectivity index (χ0) is 19.6. The van der Waals surface area contributed by atoms with Crippen LogP contribution in [0.15, 0.2) is 0 Å². The average Bonchev–Trinajstić information content (AvgIpc) is 2.60. The lowest BCUT2D eigenvalue weighted by molar-refractivity contribution is -0.146. The Morgan fingerprint density at radius 3 is 2.28 bits per heavy atom. The van der Waals surface area contributed by atoms with E-state index >= 15 is 0 Å². The third kappa shape index (κ3) is 7.71. The van der Waals surface area contributed by atoms with Gasteiger partial charge in [-0.1, -0.05) is 0 Å². The van der Waals surface area contributed by atoms with Gasteiger partial charge in [0, 0.05) is 19.4 Å². The van der Waals surface area contributed by atoms with Crippen molar-refractivity contribution in [2.24, 2.45) is 5.92 Å². The third-order valence-corrected chi connectivity index (χ3v) is 4.33. The molecule has 0 saturated carbocycles. The Morgan fingerprint density at radius 1 is 1.24 bits per heavy atom. The monoisotopic (exact) mass is 379 g/mol. The second-order valence-corrected chi connectivity index (χ2v) is 6.41. The van der Waals surface area contributed by atoms with E-state index in [4.69, 9.17) is 15.4 Å². The minimum absolute atomic E-state index is 0.233. The summed E-state index contributed by atoms with van der Waals surface area (Å²) in [5.74, 6) is -3.45. The number of aliphatic carboxylic acids is 1. The van der Waals surface area contributed by atoms with Crippen molar-refractivity contribution in [1.29, 1.82) is 0 Å². The molecule has 0 aliphatic heterocycles. The number of carboxylic acid groups (broad SMARTS) is 1. The van der Waals surface area contributed by atoms with E-state index in [1.165, 1.54) is 31.2 Å². The molecule has 10 nitrogen and oxygen atoms in total. The van der Waals surface area contributed by atoms with E-state index in [0.717, 1.165) is 4.90 Å². The molecule has 0 radical (unpaired) electrons. The molecule has 0 aromatic heterocycles. The molecule has 0 fully saturated rings. The quantitative estimate of drug-likeness (QED) is 0.218. The summed E-state index contributed by atoms with van der Waals surface area (Å²) >= 11 is 1.49. The largest absolute Gasteiger partial charge is 0.480 e. The van der Waals surface area contributed by atoms with Crippen LogP contribution in [0.3, 0.4) is 0 Å². The van der Waals surface area contributed by atoms with Crippen molar-refractivity contribution in [3.05, 3.63) is 0 Å². The van der Waals surface area contributed by atoms with Gasteiger partial charge in [0.2, 0.25) is 17.7 Å². The standard InChI is InChI=1S/C14H25N3O7S/c1-8(12(20)15-10(7-18)14(22)23)17(2)13(21)9(4-5-25-3)6-11(19)16-24/h8-10,18,24H,4-7H2,1-3H3,(H,15,20)(H,16,19)(H,22,23)/t8-,9+,10-/m0/s1. The van der Waals surface area contributed by atoms with Crippen LogP contribution in [0.4, 0.5) is 0 Å². The zero-order valence-electron chi connectivity index (χ0n) is 14.4. The van der Waals surface area contributed by atoms with Crippen molar-refractivity contribution in [3.63, 3.8) is 0 Å². The Labute approximate surface area is 149 Å². The van der Waals surface area contributed by atoms with Crippen molar-refractivity contribution in [2.45, 2.75) is 31.8 Å². The van der Waals surface area contributed by atoms with Gasteiger partial charge in [0.15, 0.2) is 0 Å². The van der Waals surface area contributed by atoms with E-state index < -0.39 is 48.3 Å². The second kappa shape index (κ2) is 11.7. The SMILES string of the molecule is CSCC[C@H](CC(=O)NO)C(=O)N(C)[C@@H](C)C(=O)N[C@@H](CO)C(=O)O. The fraction of sp³-hybridized carbons (Fsp3) is 0.714. The minimum Gasteiger partial charge on any atom is -0.480 e. The van der Waals surface area contributed by atoms with Gasteiger partial charge in [-0.3, -0.25) is 19.6 Å². The molecule has 3 atom stereocenters. The van der Waals surface area contributed by atoms with Gasteiger partial charge in [0.05, 0.1) is 6.61 Å². The lowest BCUT2D eigenvalue weighted by Gasteiger charge is -2.28. The molecular weight excluding hydrogens is 354 g/mol. The number of carboxylic acids is 1. The van der Waals surface area contributed by atoms with Crippen molar-refractivity contribution in [2.75, 3.05) is 25.7 Å². The molecule has 0 aromatic rings. The number of hydroxylamine groups is 1. The van der Waals surface area contributed by atoms with Gasteiger partial charge in [-0.15, -0.1) is 0 Å². The van der Waals surface area contributed by atoms with Crippen molar-refractivity contribution in [1.82, 2.24) is 15.7 Å². The smallest absolute Gasteiger partial charge is 0.328 e. The summed E-state index contributed by atoms with van der Waals surface area (Å²) < 4.78 is 0. The maximum atomic E-state index is 12.5. The van der Waals surface area contributed by atoms with Crippen LogP contribution in [0.2, 0.25) is 0 Å². The second-order valence-electron chi connectivity index (χ2n) is 5.42. The number of hydrogen-bond acceptors (Lipinski definition) is 7. The first kappa shape index (κ1) is 23.1. The lowest BCUT2D eigenvalue weighted by atomic mass is 9.99. The van der Waals surface area contributed by atoms with E-state index in [1.807, 2.05) is 6.26 Å². The van der Waals surface area contributed by atoms with Gasteiger partial charge in [-0.2, -0.15) is 11.8 Å². The van der Waals surface area contributed by atoms with E-state index in [-0.39, 0.29) is 6.42 Å². The van der Waals surface area contributed by atoms with Crippen LogP contribution in [0.5, 0.6) is 0 Å². The number of thioether (sulfide) groups is 1. The van der Waals surface area contributed by atoms with Crippen LogP contribution < -0.4 is 10.8 Å². The first-order valence-electron chi connectivity index (χ1n) is 7.52. The number of amides is 3. The highest BCUT2D eigenvalue weighted by molar-refractivity contribution is 7.98. The Balaban J connectivity index is 5.01. The molecule has 11 heteroatoms. The number of hydrogen-bond donors (Lipinski definition) is 5. The number of aliphatic hydroxyl groups excluding tert-OH is 1. The van der Waals surface area contributed by atoms with Gasteiger partial charge in [-0.05, 0) is 25.4 Å². The van der Waals surface area contributed by atoms with Crippen LogP contribution in [-0.4, -0.2) is 81.8 Å². The summed E-state index contributed by atoms with van der Waals surface area (Å²) in [4.78, 5) is 47.9. The Morgan fingerprint density at radius 2 is 1.84 bits per heavy atom. The molecule has 144 valence electrons. The number of rotatable bonds is 11. The van der Waals surface area contributed by atoms with Gasteiger partial charge >= 0.3 is 5.97 Å². The van der Waals surface area contributed by atoms with Crippen molar-refractivity contribution in [3.8, 4) is 0 Å². The maximum absolute atomic E-state index is 12.5. The molecule has 3 amide bonds. The molecular formula is C14H25N3O7S. The predicted molar refractivity (Wildman–Crippen MR) is 89.9 cm³/mol. The van der Waals surface area contributed by atoms with E-state index in [1.54, 1.807) is 0 Å². The van der Waals surface area contributed by atoms with Gasteiger partial charge in [0.25, 0.3) is 0 Å². The molecule has 0 spiro atoms. The average molecular weight is 379 g/mol. The number of nitrogens with one attached hydrogen (secondary N) is 2. The first-order chi connectivity index (χ1) is 11.7. The van der Waals surface area contributed by atoms with Crippen LogP contribution in [0.1, 0.15) is 19.8 Å². The van der Waals surface area contributed by atoms with Gasteiger partial charge in [0.1, 0.15) is 12.1 Å². The molecule has 0 aromatic carbocycles. The predicted octanol–water partition coefficient (Wildman–Crippen LogP) is -1.34. The van der Waals surface area contributed by atoms with Gasteiger partial charge in [-0.25, -0.2) is 10.3 Å². The van der Waals surface area contributed by atoms with Crippen molar-refractivity contribution >= 4 is 35.5 Å². The topological polar surface area (TPSA) is 156 Å². The fourth-order valence-corrected chi connectivity index (χ4v) is 2.50. The number of likely N-dealkylation sites (N-methyl/N-ethyl adjacent to an activating group) is 1. The van der Waals surface area contributed by atoms with Crippen LogP contribution >= 0.6 is 11.8 Å². The molecule has 0 saturated heterocycles. The van der Waals surface area contributed by atoms with Crippen LogP contribution in [-0.2, 0) is 19.2 Å². The summed E-state index contributed by atoms with van der Waals surface area (Å²) in [5, 5.41) is 28.5. The Kier molecular flexibility index (Phi) is 10.8. The summed E-state index contributed by atoms with van der Waals surface area (Å²) in [6, 6.07) is -2.47. The lowest BCUT2D eigenvalue weighted by Crippen LogP contribution is -2.53. The minimum atomic E-state index is -1.47. The number of aliphatic hydroxyl groups is 1. The molecule has 25 heavy (non-hydrogen) atoms. The molecule has 0 aliphatic carbocycles. The fourth-order valence-electron chi connectivity index (χ4n) is 1.97. The molecule has 0 aliphatic rings. The number of carbonyl (C=O) groups excluding carboxylic acids is 3. The molecule has 5 N–H and O–H groups in total. The number of carbonyl (C=O) groups is 4. The van der Waals surface area contributed by atoms with Crippen molar-refractivity contribution < 1.29 is 34.6 Å². The molecule has 0 heterocycles. The maximum Gasteiger partial charge on any atom is 0.328 e. The Hall–Kier alpha value is -1.85. The highest BCUT2D eigenvalue weighted by Crippen LogP contribution is 2.16. The molecule has 0 bridgehead atoms. The Bertz CT molecular complexity index is 489. The number of nitrogens with zero attached hydrogens (tertiary/aromatic N) is 1. The summed E-state index contributed by atoms with van der Waals surface area (Å²) in [7, 11) is 1.37. The van der Waals surface area contributed by atoms with E-state index in [9.17, 15) is 19.2 Å². The van der Waals surface area contributed by atoms with Crippen LogP contribution in [0.25, 0.3) is 0 Å². The summed E-state index contributed by atoms with van der Waals surface area (Å²) in [6.07, 6.45) is 1.98. The molecule has 0 unspecified atom stereocenters. The van der Waals surface area contributed by atoms with Crippen LogP contribution in [0, 0.1) is 5.92 Å².